The summed E-state index contributed by atoms with van der Waals surface area (Å²) in [6.07, 6.45) is 3.74. The van der Waals surface area contributed by atoms with Gasteiger partial charge in [0.2, 0.25) is 0 Å². The van der Waals surface area contributed by atoms with E-state index in [1.165, 1.54) is 22.9 Å². The fraction of sp³-hybridized carbons (Fsp3) is 0.200. The van der Waals surface area contributed by atoms with E-state index in [2.05, 4.69) is 26.2 Å². The highest BCUT2D eigenvalue weighted by Crippen LogP contribution is 2.29. The largest absolute Gasteiger partial charge is 0.490 e. The number of hydrogen-bond donors (Lipinski definition) is 1. The summed E-state index contributed by atoms with van der Waals surface area (Å²) < 4.78 is 24.1. The SMILES string of the molecule is O=C(NCc1ccccc1-c1ncccc1F)c1c2n(c(=O)n1-c1ccc(OC3CC3)cc1)CCN(C(=O)c1ccc(Br)c(Cl)c1)C2. The molecule has 0 bridgehead atoms. The highest BCUT2D eigenvalue weighted by Gasteiger charge is 2.32. The summed E-state index contributed by atoms with van der Waals surface area (Å²) in [7, 11) is 0. The van der Waals surface area contributed by atoms with Crippen LogP contribution >= 0.6 is 27.5 Å². The molecule has 5 aromatic rings. The lowest BCUT2D eigenvalue weighted by molar-refractivity contribution is 0.0706. The fourth-order valence-corrected chi connectivity index (χ4v) is 6.15. The minimum Gasteiger partial charge on any atom is -0.490 e. The number of imidazole rings is 1. The Labute approximate surface area is 282 Å². The molecule has 1 aliphatic carbocycles. The van der Waals surface area contributed by atoms with Crippen LogP contribution in [-0.2, 0) is 19.6 Å². The van der Waals surface area contributed by atoms with Crippen LogP contribution in [0.1, 0.15) is 44.9 Å². The van der Waals surface area contributed by atoms with Crippen molar-refractivity contribution in [2.45, 2.75) is 38.6 Å². The monoisotopic (exact) mass is 715 g/mol. The number of nitrogens with one attached hydrogen (secondary N) is 1. The van der Waals surface area contributed by atoms with Gasteiger partial charge in [0, 0.05) is 41.4 Å². The number of nitrogens with zero attached hydrogens (tertiary/aromatic N) is 4. The van der Waals surface area contributed by atoms with Gasteiger partial charge in [-0.2, -0.15) is 0 Å². The third kappa shape index (κ3) is 6.20. The number of aromatic nitrogens is 3. The topological polar surface area (TPSA) is 98.5 Å². The van der Waals surface area contributed by atoms with Gasteiger partial charge in [-0.25, -0.2) is 9.18 Å². The lowest BCUT2D eigenvalue weighted by Gasteiger charge is -2.28. The van der Waals surface area contributed by atoms with E-state index in [-0.39, 0.29) is 49.6 Å². The second kappa shape index (κ2) is 12.8. The highest BCUT2D eigenvalue weighted by molar-refractivity contribution is 9.10. The van der Waals surface area contributed by atoms with E-state index in [0.717, 1.165) is 12.8 Å². The molecule has 0 atom stereocenters. The number of pyridine rings is 1. The molecule has 12 heteroatoms. The Hall–Kier alpha value is -4.74. The first-order valence-electron chi connectivity index (χ1n) is 15.1. The molecule has 238 valence electrons. The number of rotatable bonds is 8. The van der Waals surface area contributed by atoms with Crippen molar-refractivity contribution in [3.05, 3.63) is 133 Å². The van der Waals surface area contributed by atoms with Gasteiger partial charge in [0.1, 0.15) is 23.0 Å². The maximum atomic E-state index is 14.7. The van der Waals surface area contributed by atoms with Gasteiger partial charge >= 0.3 is 5.69 Å². The summed E-state index contributed by atoms with van der Waals surface area (Å²) in [5, 5.41) is 3.34. The number of hydrogen-bond acceptors (Lipinski definition) is 5. The maximum absolute atomic E-state index is 14.7. The van der Waals surface area contributed by atoms with Crippen LogP contribution in [0.5, 0.6) is 5.75 Å². The number of benzene rings is 3. The van der Waals surface area contributed by atoms with E-state index >= 15 is 0 Å². The summed E-state index contributed by atoms with van der Waals surface area (Å²) >= 11 is 9.62. The van der Waals surface area contributed by atoms with E-state index in [9.17, 15) is 18.8 Å². The predicted molar refractivity (Wildman–Crippen MR) is 178 cm³/mol. The van der Waals surface area contributed by atoms with Crippen molar-refractivity contribution in [1.82, 2.24) is 24.3 Å². The average Bonchev–Trinajstić information content (AvgIpc) is 3.86. The second-order valence-electron chi connectivity index (χ2n) is 11.4. The van der Waals surface area contributed by atoms with Crippen LogP contribution in [0, 0.1) is 5.82 Å². The van der Waals surface area contributed by atoms with Crippen molar-refractivity contribution >= 4 is 39.3 Å². The van der Waals surface area contributed by atoms with Gasteiger partial charge in [-0.1, -0.05) is 35.9 Å². The fourth-order valence-electron chi connectivity index (χ4n) is 5.72. The van der Waals surface area contributed by atoms with E-state index < -0.39 is 17.4 Å². The summed E-state index contributed by atoms with van der Waals surface area (Å²) in [5.41, 5.74) is 2.35. The number of halogens is 3. The molecule has 7 rings (SSSR count). The Morgan fingerprint density at radius 2 is 1.81 bits per heavy atom. The zero-order chi connectivity index (χ0) is 32.7. The van der Waals surface area contributed by atoms with Crippen LogP contribution in [0.3, 0.4) is 0 Å². The Balaban J connectivity index is 1.24. The van der Waals surface area contributed by atoms with Gasteiger partial charge < -0.3 is 15.0 Å². The Morgan fingerprint density at radius 1 is 1.02 bits per heavy atom. The van der Waals surface area contributed by atoms with Crippen LogP contribution in [0.15, 0.2) is 94.3 Å². The number of carbonyl (C=O) groups excluding carboxylic acids is 2. The molecule has 2 amide bonds. The van der Waals surface area contributed by atoms with Crippen molar-refractivity contribution in [3.63, 3.8) is 0 Å². The zero-order valence-corrected chi connectivity index (χ0v) is 27.3. The molecule has 0 unspecified atom stereocenters. The molecule has 3 heterocycles. The first-order valence-corrected chi connectivity index (χ1v) is 16.3. The molecule has 1 saturated carbocycles. The number of fused-ring (bicyclic) bond motifs is 1. The first-order chi connectivity index (χ1) is 22.8. The van der Waals surface area contributed by atoms with Crippen molar-refractivity contribution in [2.24, 2.45) is 0 Å². The van der Waals surface area contributed by atoms with E-state index in [0.29, 0.717) is 43.3 Å². The van der Waals surface area contributed by atoms with Crippen LogP contribution in [-0.4, -0.2) is 43.5 Å². The molecule has 3 aromatic carbocycles. The first kappa shape index (κ1) is 30.9. The van der Waals surface area contributed by atoms with Crippen LogP contribution in [0.2, 0.25) is 5.02 Å². The molecule has 9 nitrogen and oxygen atoms in total. The molecule has 47 heavy (non-hydrogen) atoms. The van der Waals surface area contributed by atoms with E-state index in [1.807, 2.05) is 0 Å². The molecule has 1 fully saturated rings. The number of carbonyl (C=O) groups is 2. The van der Waals surface area contributed by atoms with Crippen molar-refractivity contribution < 1.29 is 18.7 Å². The third-order valence-corrected chi connectivity index (χ3v) is 9.47. The molecule has 2 aliphatic rings. The number of ether oxygens (including phenoxy) is 1. The van der Waals surface area contributed by atoms with Crippen molar-refractivity contribution in [1.29, 1.82) is 0 Å². The van der Waals surface area contributed by atoms with Gasteiger partial charge in [-0.3, -0.25) is 23.7 Å². The van der Waals surface area contributed by atoms with Gasteiger partial charge in [0.15, 0.2) is 0 Å². The van der Waals surface area contributed by atoms with Gasteiger partial charge in [0.25, 0.3) is 11.8 Å². The smallest absolute Gasteiger partial charge is 0.333 e. The lowest BCUT2D eigenvalue weighted by atomic mass is 10.0. The summed E-state index contributed by atoms with van der Waals surface area (Å²) in [6.45, 7) is 0.526. The Morgan fingerprint density at radius 3 is 2.55 bits per heavy atom. The van der Waals surface area contributed by atoms with Crippen LogP contribution in [0.4, 0.5) is 4.39 Å². The van der Waals surface area contributed by atoms with Crippen molar-refractivity contribution in [3.8, 4) is 22.7 Å². The molecule has 2 aromatic heterocycles. The quantitative estimate of drug-likeness (QED) is 0.201. The van der Waals surface area contributed by atoms with Crippen LogP contribution in [0.25, 0.3) is 16.9 Å². The minimum atomic E-state index is -0.522. The highest BCUT2D eigenvalue weighted by atomic mass is 79.9. The summed E-state index contributed by atoms with van der Waals surface area (Å²) in [5.74, 6) is -0.591. The van der Waals surface area contributed by atoms with Gasteiger partial charge in [-0.15, -0.1) is 0 Å². The third-order valence-electron chi connectivity index (χ3n) is 8.24. The second-order valence-corrected chi connectivity index (χ2v) is 12.7. The van der Waals surface area contributed by atoms with Gasteiger partial charge in [-0.05, 0) is 88.9 Å². The van der Waals surface area contributed by atoms with Gasteiger partial charge in [0.05, 0.1) is 29.1 Å². The predicted octanol–water partition coefficient (Wildman–Crippen LogP) is 6.38. The average molecular weight is 717 g/mol. The van der Waals surface area contributed by atoms with Crippen molar-refractivity contribution in [2.75, 3.05) is 6.54 Å². The summed E-state index contributed by atoms with van der Waals surface area (Å²) in [6, 6.07) is 22.0. The number of amides is 2. The zero-order valence-electron chi connectivity index (χ0n) is 25.0. The van der Waals surface area contributed by atoms with Crippen LogP contribution < -0.4 is 15.7 Å². The Kier molecular flexibility index (Phi) is 8.42. The molecule has 0 radical (unpaired) electrons. The normalized spacial score (nSPS) is 14.1. The molecular weight excluding hydrogens is 689 g/mol. The standard InChI is InChI=1S/C35H28BrClFN5O4/c36-27-14-7-21(18-28(27)37)34(45)41-16-17-42-30(20-41)32(43(35(42)46)23-8-10-24(11-9-23)47-25-12-13-25)33(44)40-19-22-4-1-2-5-26(22)31-29(38)6-3-15-39-31/h1-11,14-15,18,25H,12-13,16-17,19-20H2,(H,40,44). The Bertz CT molecular complexity index is 2080. The molecular formula is C35H28BrClFN5O4. The molecule has 0 spiro atoms. The molecule has 1 aliphatic heterocycles. The molecule has 1 N–H and O–H groups in total. The van der Waals surface area contributed by atoms with E-state index in [4.69, 9.17) is 16.3 Å². The molecule has 0 saturated heterocycles. The van der Waals surface area contributed by atoms with E-state index in [1.54, 1.807) is 76.2 Å². The lowest BCUT2D eigenvalue weighted by Crippen LogP contribution is -2.41. The summed E-state index contributed by atoms with van der Waals surface area (Å²) in [4.78, 5) is 47.4. The minimum absolute atomic E-state index is 0.0239. The maximum Gasteiger partial charge on any atom is 0.333 e.